The minimum absolute atomic E-state index is 0.00811. The summed E-state index contributed by atoms with van der Waals surface area (Å²) in [5.74, 6) is -1.69. The lowest BCUT2D eigenvalue weighted by Gasteiger charge is -2.10. The number of nitrogens with zero attached hydrogens (tertiary/aromatic N) is 1. The molecule has 112 valence electrons. The second-order valence-corrected chi connectivity index (χ2v) is 4.21. The van der Waals surface area contributed by atoms with Crippen molar-refractivity contribution >= 4 is 17.5 Å². The maximum Gasteiger partial charge on any atom is 0.221 e. The minimum Gasteiger partial charge on any atom is -0.368 e. The van der Waals surface area contributed by atoms with Crippen molar-refractivity contribution in [2.45, 2.75) is 26.7 Å². The Balaban J connectivity index is 2.62. The second kappa shape index (κ2) is 8.29. The molecule has 0 bridgehead atoms. The van der Waals surface area contributed by atoms with E-state index in [9.17, 15) is 13.6 Å². The summed E-state index contributed by atoms with van der Waals surface area (Å²) in [5.41, 5.74) is 0. The predicted octanol–water partition coefficient (Wildman–Crippen LogP) is 2.12. The summed E-state index contributed by atoms with van der Waals surface area (Å²) in [6.07, 6.45) is 1.00. The third kappa shape index (κ3) is 4.99. The average Bonchev–Trinajstić information content (AvgIpc) is 2.40. The molecule has 0 fully saturated rings. The number of aromatic nitrogens is 1. The van der Waals surface area contributed by atoms with Crippen LogP contribution in [0, 0.1) is 11.6 Å². The number of carbonyl (C=O) groups excluding carboxylic acids is 1. The van der Waals surface area contributed by atoms with E-state index in [4.69, 9.17) is 0 Å². The summed E-state index contributed by atoms with van der Waals surface area (Å²) in [6, 6.07) is 0.777. The standard InChI is InChI=1S/C13H20F2N4O/c1-3-6-17-12-9(14)8-10(15)13(19-12)18-7-5-11(20)16-4-2/h8H,3-7H2,1-2H3,(H,16,20)(H2,17,18,19). The van der Waals surface area contributed by atoms with Crippen LogP contribution in [0.25, 0.3) is 0 Å². The van der Waals surface area contributed by atoms with Gasteiger partial charge in [-0.05, 0) is 13.3 Å². The second-order valence-electron chi connectivity index (χ2n) is 4.21. The van der Waals surface area contributed by atoms with Gasteiger partial charge in [-0.1, -0.05) is 6.92 Å². The van der Waals surface area contributed by atoms with Crippen molar-refractivity contribution in [3.8, 4) is 0 Å². The third-order valence-corrected chi connectivity index (χ3v) is 2.49. The number of halogens is 2. The van der Waals surface area contributed by atoms with Crippen molar-refractivity contribution in [2.24, 2.45) is 0 Å². The molecule has 1 aromatic rings. The molecular formula is C13H20F2N4O. The van der Waals surface area contributed by atoms with Crippen molar-refractivity contribution in [3.63, 3.8) is 0 Å². The van der Waals surface area contributed by atoms with Crippen LogP contribution in [0.3, 0.4) is 0 Å². The zero-order valence-corrected chi connectivity index (χ0v) is 11.7. The molecule has 1 heterocycles. The SMILES string of the molecule is CCCNc1nc(NCCC(=O)NCC)c(F)cc1F. The van der Waals surface area contributed by atoms with E-state index in [1.54, 1.807) is 0 Å². The Bertz CT molecular complexity index is 454. The fourth-order valence-electron chi connectivity index (χ4n) is 1.54. The van der Waals surface area contributed by atoms with Crippen LogP contribution in [0.5, 0.6) is 0 Å². The summed E-state index contributed by atoms with van der Waals surface area (Å²) in [6.45, 7) is 5.08. The van der Waals surface area contributed by atoms with Gasteiger partial charge in [0.25, 0.3) is 0 Å². The van der Waals surface area contributed by atoms with Crippen LogP contribution in [0.1, 0.15) is 26.7 Å². The van der Waals surface area contributed by atoms with Crippen LogP contribution in [-0.2, 0) is 4.79 Å². The van der Waals surface area contributed by atoms with Gasteiger partial charge in [-0.2, -0.15) is 0 Å². The molecule has 0 saturated heterocycles. The molecule has 1 amide bonds. The van der Waals surface area contributed by atoms with Gasteiger partial charge in [0.1, 0.15) is 0 Å². The quantitative estimate of drug-likeness (QED) is 0.685. The zero-order chi connectivity index (χ0) is 15.0. The summed E-state index contributed by atoms with van der Waals surface area (Å²) in [4.78, 5) is 15.1. The lowest BCUT2D eigenvalue weighted by molar-refractivity contribution is -0.120. The molecule has 0 spiro atoms. The molecule has 0 aliphatic rings. The smallest absolute Gasteiger partial charge is 0.221 e. The van der Waals surface area contributed by atoms with Crippen molar-refractivity contribution in [1.82, 2.24) is 10.3 Å². The van der Waals surface area contributed by atoms with Crippen molar-refractivity contribution in [1.29, 1.82) is 0 Å². The first-order chi connectivity index (χ1) is 9.58. The van der Waals surface area contributed by atoms with Gasteiger partial charge in [0.05, 0.1) is 0 Å². The predicted molar refractivity (Wildman–Crippen MR) is 74.7 cm³/mol. The molecule has 0 atom stereocenters. The molecular weight excluding hydrogens is 266 g/mol. The Morgan fingerprint density at radius 3 is 2.30 bits per heavy atom. The maximum atomic E-state index is 13.5. The van der Waals surface area contributed by atoms with Crippen molar-refractivity contribution in [3.05, 3.63) is 17.7 Å². The highest BCUT2D eigenvalue weighted by molar-refractivity contribution is 5.76. The highest BCUT2D eigenvalue weighted by Gasteiger charge is 2.11. The van der Waals surface area contributed by atoms with Crippen LogP contribution in [0.4, 0.5) is 20.4 Å². The molecule has 3 N–H and O–H groups in total. The van der Waals surface area contributed by atoms with Gasteiger partial charge in [-0.25, -0.2) is 13.8 Å². The third-order valence-electron chi connectivity index (χ3n) is 2.49. The Labute approximate surface area is 117 Å². The highest BCUT2D eigenvalue weighted by Crippen LogP contribution is 2.18. The number of carbonyl (C=O) groups is 1. The van der Waals surface area contributed by atoms with E-state index < -0.39 is 11.6 Å². The number of pyridine rings is 1. The summed E-state index contributed by atoms with van der Waals surface area (Å²) in [7, 11) is 0. The number of amides is 1. The molecule has 0 aliphatic carbocycles. The lowest BCUT2D eigenvalue weighted by Crippen LogP contribution is -2.25. The molecule has 0 unspecified atom stereocenters. The minimum atomic E-state index is -0.777. The van der Waals surface area contributed by atoms with Gasteiger partial charge >= 0.3 is 0 Å². The normalized spacial score (nSPS) is 10.2. The van der Waals surface area contributed by atoms with Crippen LogP contribution in [-0.4, -0.2) is 30.5 Å². The molecule has 7 heteroatoms. The molecule has 0 saturated carbocycles. The van der Waals surface area contributed by atoms with E-state index in [1.165, 1.54) is 0 Å². The van der Waals surface area contributed by atoms with Gasteiger partial charge in [0.2, 0.25) is 5.91 Å². The van der Waals surface area contributed by atoms with Gasteiger partial charge < -0.3 is 16.0 Å². The van der Waals surface area contributed by atoms with Gasteiger partial charge in [-0.3, -0.25) is 4.79 Å². The van der Waals surface area contributed by atoms with Gasteiger partial charge in [0, 0.05) is 32.1 Å². The van der Waals surface area contributed by atoms with Gasteiger partial charge in [-0.15, -0.1) is 0 Å². The van der Waals surface area contributed by atoms with E-state index in [0.717, 1.165) is 12.5 Å². The molecule has 5 nitrogen and oxygen atoms in total. The van der Waals surface area contributed by atoms with Crippen LogP contribution < -0.4 is 16.0 Å². The zero-order valence-electron chi connectivity index (χ0n) is 11.7. The number of hydrogen-bond donors (Lipinski definition) is 3. The first-order valence-corrected chi connectivity index (χ1v) is 6.69. The van der Waals surface area contributed by atoms with E-state index >= 15 is 0 Å². The summed E-state index contributed by atoms with van der Waals surface area (Å²) in [5, 5.41) is 8.10. The van der Waals surface area contributed by atoms with Crippen molar-refractivity contribution < 1.29 is 13.6 Å². The first-order valence-electron chi connectivity index (χ1n) is 6.69. The Morgan fingerprint density at radius 1 is 1.15 bits per heavy atom. The largest absolute Gasteiger partial charge is 0.368 e. The number of nitrogens with one attached hydrogen (secondary N) is 3. The number of hydrogen-bond acceptors (Lipinski definition) is 4. The van der Waals surface area contributed by atoms with Crippen molar-refractivity contribution in [2.75, 3.05) is 30.3 Å². The summed E-state index contributed by atoms with van der Waals surface area (Å²) >= 11 is 0. The lowest BCUT2D eigenvalue weighted by atomic mass is 10.3. The summed E-state index contributed by atoms with van der Waals surface area (Å²) < 4.78 is 27.0. The maximum absolute atomic E-state index is 13.5. The Morgan fingerprint density at radius 2 is 1.75 bits per heavy atom. The average molecular weight is 286 g/mol. The van der Waals surface area contributed by atoms with Crippen LogP contribution in [0.2, 0.25) is 0 Å². The topological polar surface area (TPSA) is 66.0 Å². The Hall–Kier alpha value is -1.92. The van der Waals surface area contributed by atoms with Crippen LogP contribution in [0.15, 0.2) is 6.07 Å². The fraction of sp³-hybridized carbons (Fsp3) is 0.538. The van der Waals surface area contributed by atoms with E-state index in [-0.39, 0.29) is 30.5 Å². The first kappa shape index (κ1) is 16.1. The van der Waals surface area contributed by atoms with E-state index in [2.05, 4.69) is 20.9 Å². The molecule has 0 radical (unpaired) electrons. The van der Waals surface area contributed by atoms with Crippen LogP contribution >= 0.6 is 0 Å². The number of anilines is 2. The van der Waals surface area contributed by atoms with E-state index in [0.29, 0.717) is 13.1 Å². The van der Waals surface area contributed by atoms with E-state index in [1.807, 2.05) is 13.8 Å². The molecule has 20 heavy (non-hydrogen) atoms. The molecule has 0 aliphatic heterocycles. The monoisotopic (exact) mass is 286 g/mol. The highest BCUT2D eigenvalue weighted by atomic mass is 19.1. The molecule has 1 aromatic heterocycles. The fourth-order valence-corrected chi connectivity index (χ4v) is 1.54. The van der Waals surface area contributed by atoms with Gasteiger partial charge in [0.15, 0.2) is 23.3 Å². The number of rotatable bonds is 8. The Kier molecular flexibility index (Phi) is 6.69. The molecule has 0 aromatic carbocycles. The molecule has 1 rings (SSSR count).